The van der Waals surface area contributed by atoms with Crippen LogP contribution in [0.15, 0.2) is 39.8 Å². The monoisotopic (exact) mass is 379 g/mol. The number of furan rings is 1. The van der Waals surface area contributed by atoms with E-state index >= 15 is 0 Å². The molecule has 0 bridgehead atoms. The van der Waals surface area contributed by atoms with Crippen LogP contribution in [-0.2, 0) is 14.8 Å². The number of hydrogen-bond donors (Lipinski definition) is 2. The molecule has 1 aliphatic rings. The lowest BCUT2D eigenvalue weighted by Gasteiger charge is -2.30. The summed E-state index contributed by atoms with van der Waals surface area (Å²) in [5, 5.41) is 0. The fourth-order valence-corrected chi connectivity index (χ4v) is 5.27. The molecule has 142 valence electrons. The molecule has 1 aromatic carbocycles. The molecule has 1 saturated heterocycles. The Labute approximate surface area is 155 Å². The molecular formula is C19H27N2O4S+. The number of morpholine rings is 1. The Morgan fingerprint density at radius 1 is 1.15 bits per heavy atom. The van der Waals surface area contributed by atoms with Gasteiger partial charge in [0.15, 0.2) is 11.8 Å². The Bertz CT molecular complexity index is 817. The van der Waals surface area contributed by atoms with Crippen molar-refractivity contribution >= 4 is 10.0 Å². The van der Waals surface area contributed by atoms with Crippen LogP contribution >= 0.6 is 0 Å². The van der Waals surface area contributed by atoms with Crippen molar-refractivity contribution in [2.24, 2.45) is 0 Å². The van der Waals surface area contributed by atoms with Crippen molar-refractivity contribution in [3.8, 4) is 0 Å². The zero-order valence-corrected chi connectivity index (χ0v) is 16.4. The minimum absolute atomic E-state index is 0.0743. The highest BCUT2D eigenvalue weighted by molar-refractivity contribution is 7.89. The van der Waals surface area contributed by atoms with E-state index in [1.54, 1.807) is 6.26 Å². The van der Waals surface area contributed by atoms with Crippen LogP contribution in [0.3, 0.4) is 0 Å². The van der Waals surface area contributed by atoms with Crippen molar-refractivity contribution in [1.82, 2.24) is 4.72 Å². The van der Waals surface area contributed by atoms with Gasteiger partial charge in [0.1, 0.15) is 13.1 Å². The minimum Gasteiger partial charge on any atom is -0.463 e. The Morgan fingerprint density at radius 3 is 2.38 bits per heavy atom. The third kappa shape index (κ3) is 4.17. The van der Waals surface area contributed by atoms with Crippen LogP contribution in [0.2, 0.25) is 0 Å². The molecule has 26 heavy (non-hydrogen) atoms. The first-order valence-corrected chi connectivity index (χ1v) is 10.4. The maximum atomic E-state index is 13.0. The Morgan fingerprint density at radius 2 is 1.81 bits per heavy atom. The maximum absolute atomic E-state index is 13.0. The number of nitrogens with one attached hydrogen (secondary N) is 2. The van der Waals surface area contributed by atoms with E-state index in [-0.39, 0.29) is 12.6 Å². The summed E-state index contributed by atoms with van der Waals surface area (Å²) < 4.78 is 39.8. The number of rotatable bonds is 6. The molecular weight excluding hydrogens is 352 g/mol. The van der Waals surface area contributed by atoms with Gasteiger partial charge in [0.25, 0.3) is 0 Å². The topological polar surface area (TPSA) is 73.0 Å². The summed E-state index contributed by atoms with van der Waals surface area (Å²) in [7, 11) is -3.60. The summed E-state index contributed by atoms with van der Waals surface area (Å²) in [6, 6.07) is 7.47. The molecule has 2 N–H and O–H groups in total. The van der Waals surface area contributed by atoms with Crippen molar-refractivity contribution in [3.63, 3.8) is 0 Å². The molecule has 1 aromatic heterocycles. The molecule has 7 heteroatoms. The number of benzene rings is 1. The van der Waals surface area contributed by atoms with Crippen molar-refractivity contribution in [1.29, 1.82) is 0 Å². The van der Waals surface area contributed by atoms with Crippen LogP contribution in [-0.4, -0.2) is 41.3 Å². The van der Waals surface area contributed by atoms with Crippen LogP contribution in [0, 0.1) is 20.8 Å². The number of ether oxygens (including phenoxy) is 1. The lowest BCUT2D eigenvalue weighted by atomic mass is 10.1. The Balaban J connectivity index is 1.82. The van der Waals surface area contributed by atoms with Crippen molar-refractivity contribution < 1.29 is 22.5 Å². The summed E-state index contributed by atoms with van der Waals surface area (Å²) in [6.07, 6.45) is 1.63. The second-order valence-corrected chi connectivity index (χ2v) is 8.62. The number of hydrogen-bond acceptors (Lipinski definition) is 4. The molecule has 2 heterocycles. The van der Waals surface area contributed by atoms with Crippen LogP contribution in [0.5, 0.6) is 0 Å². The summed E-state index contributed by atoms with van der Waals surface area (Å²) in [5.41, 5.74) is 2.59. The first-order valence-electron chi connectivity index (χ1n) is 8.92. The van der Waals surface area contributed by atoms with Gasteiger partial charge in [-0.25, -0.2) is 13.1 Å². The van der Waals surface area contributed by atoms with E-state index in [0.29, 0.717) is 18.1 Å². The van der Waals surface area contributed by atoms with Gasteiger partial charge in [-0.15, -0.1) is 0 Å². The zero-order valence-electron chi connectivity index (χ0n) is 15.5. The fourth-order valence-electron chi connectivity index (χ4n) is 3.77. The Hall–Kier alpha value is -1.67. The highest BCUT2D eigenvalue weighted by Gasteiger charge is 2.31. The van der Waals surface area contributed by atoms with Crippen LogP contribution in [0.25, 0.3) is 0 Å². The molecule has 0 spiro atoms. The fraction of sp³-hybridized carbons (Fsp3) is 0.474. The summed E-state index contributed by atoms with van der Waals surface area (Å²) in [4.78, 5) is 1.64. The molecule has 0 radical (unpaired) electrons. The predicted octanol–water partition coefficient (Wildman–Crippen LogP) is 1.14. The van der Waals surface area contributed by atoms with Crippen LogP contribution < -0.4 is 9.62 Å². The smallest absolute Gasteiger partial charge is 0.241 e. The van der Waals surface area contributed by atoms with E-state index in [1.165, 1.54) is 4.90 Å². The minimum atomic E-state index is -3.60. The second kappa shape index (κ2) is 7.92. The maximum Gasteiger partial charge on any atom is 0.241 e. The SMILES string of the molecule is Cc1cc(C)c(S(=O)(=O)NC[C@@H](c2ccco2)[NH+]2CCOCC2)c(C)c1. The van der Waals surface area contributed by atoms with E-state index in [0.717, 1.165) is 35.5 Å². The standard InChI is InChI=1S/C19H26N2O4S/c1-14-11-15(2)19(16(3)12-14)26(22,23)20-13-17(18-5-4-8-25-18)21-6-9-24-10-7-21/h4-5,8,11-12,17,20H,6-7,9-10,13H2,1-3H3/p+1/t17-/m0/s1. The average molecular weight is 380 g/mol. The third-order valence-electron chi connectivity index (χ3n) is 4.87. The molecule has 0 saturated carbocycles. The average Bonchev–Trinajstić information content (AvgIpc) is 3.09. The van der Waals surface area contributed by atoms with Gasteiger partial charge in [-0.1, -0.05) is 17.7 Å². The highest BCUT2D eigenvalue weighted by Crippen LogP contribution is 2.22. The van der Waals surface area contributed by atoms with E-state index in [4.69, 9.17) is 9.15 Å². The molecule has 2 aromatic rings. The number of aryl methyl sites for hydroxylation is 3. The van der Waals surface area contributed by atoms with Gasteiger partial charge >= 0.3 is 0 Å². The lowest BCUT2D eigenvalue weighted by Crippen LogP contribution is -3.15. The van der Waals surface area contributed by atoms with E-state index in [9.17, 15) is 8.42 Å². The molecule has 1 atom stereocenters. The highest BCUT2D eigenvalue weighted by atomic mass is 32.2. The quantitative estimate of drug-likeness (QED) is 0.790. The predicted molar refractivity (Wildman–Crippen MR) is 98.8 cm³/mol. The summed E-state index contributed by atoms with van der Waals surface area (Å²) in [6.45, 7) is 8.95. The van der Waals surface area contributed by atoms with E-state index in [1.807, 2.05) is 45.0 Å². The van der Waals surface area contributed by atoms with Gasteiger partial charge in [-0.05, 0) is 44.0 Å². The molecule has 0 amide bonds. The molecule has 6 nitrogen and oxygen atoms in total. The number of sulfonamides is 1. The normalized spacial score (nSPS) is 17.3. The molecule has 0 aliphatic carbocycles. The lowest BCUT2D eigenvalue weighted by molar-refractivity contribution is -0.938. The molecule has 1 aliphatic heterocycles. The first kappa shape index (κ1) is 19.1. The van der Waals surface area contributed by atoms with Crippen molar-refractivity contribution in [3.05, 3.63) is 53.0 Å². The van der Waals surface area contributed by atoms with E-state index in [2.05, 4.69) is 4.72 Å². The van der Waals surface area contributed by atoms with Gasteiger partial charge in [0, 0.05) is 0 Å². The largest absolute Gasteiger partial charge is 0.463 e. The van der Waals surface area contributed by atoms with Gasteiger partial charge in [-0.3, -0.25) is 0 Å². The second-order valence-electron chi connectivity index (χ2n) is 6.92. The van der Waals surface area contributed by atoms with Crippen molar-refractivity contribution in [2.45, 2.75) is 31.7 Å². The zero-order chi connectivity index (χ0) is 18.7. The van der Waals surface area contributed by atoms with Gasteiger partial charge in [0.05, 0.1) is 30.9 Å². The van der Waals surface area contributed by atoms with Crippen LogP contribution in [0.4, 0.5) is 0 Å². The number of quaternary nitrogens is 1. The van der Waals surface area contributed by atoms with Crippen molar-refractivity contribution in [2.75, 3.05) is 32.8 Å². The summed E-state index contributed by atoms with van der Waals surface area (Å²) in [5.74, 6) is 0.793. The van der Waals surface area contributed by atoms with Gasteiger partial charge in [-0.2, -0.15) is 0 Å². The van der Waals surface area contributed by atoms with Crippen LogP contribution in [0.1, 0.15) is 28.5 Å². The van der Waals surface area contributed by atoms with E-state index < -0.39 is 10.0 Å². The molecule has 1 fully saturated rings. The summed E-state index contributed by atoms with van der Waals surface area (Å²) >= 11 is 0. The molecule has 0 unspecified atom stereocenters. The van der Waals surface area contributed by atoms with Gasteiger partial charge in [0.2, 0.25) is 10.0 Å². The van der Waals surface area contributed by atoms with Gasteiger partial charge < -0.3 is 14.1 Å². The molecule has 3 rings (SSSR count). The third-order valence-corrected chi connectivity index (χ3v) is 6.59. The Kier molecular flexibility index (Phi) is 5.82. The first-order chi connectivity index (χ1) is 12.4.